The first-order valence-electron chi connectivity index (χ1n) is 2.88. The summed E-state index contributed by atoms with van der Waals surface area (Å²) in [7, 11) is 1.66. The molecule has 1 rings (SSSR count). The summed E-state index contributed by atoms with van der Waals surface area (Å²) in [6, 6.07) is 9.68. The molecule has 2 heteroatoms. The molecule has 0 aliphatic heterocycles. The summed E-state index contributed by atoms with van der Waals surface area (Å²) in [4.78, 5) is 0. The van der Waals surface area contributed by atoms with Crippen molar-refractivity contribution in [3.63, 3.8) is 0 Å². The summed E-state index contributed by atoms with van der Waals surface area (Å²) >= 11 is 0. The third kappa shape index (κ3) is 2.87. The SMILES string of the molecule is C=N.COc1ccccc1. The molecule has 0 heterocycles. The maximum atomic E-state index is 5.50. The summed E-state index contributed by atoms with van der Waals surface area (Å²) in [6.07, 6.45) is 0. The van der Waals surface area contributed by atoms with Crippen LogP contribution in [0.25, 0.3) is 0 Å². The zero-order valence-corrected chi connectivity index (χ0v) is 6.00. The molecule has 1 aromatic carbocycles. The third-order valence-corrected chi connectivity index (χ3v) is 0.979. The third-order valence-electron chi connectivity index (χ3n) is 0.979. The van der Waals surface area contributed by atoms with E-state index in [0.29, 0.717) is 0 Å². The minimum absolute atomic E-state index is 0.910. The molecule has 0 atom stereocenters. The van der Waals surface area contributed by atoms with Crippen LogP contribution in [-0.4, -0.2) is 13.8 Å². The van der Waals surface area contributed by atoms with Crippen molar-refractivity contribution in [1.29, 1.82) is 5.41 Å². The first-order valence-corrected chi connectivity index (χ1v) is 2.88. The molecule has 0 saturated carbocycles. The predicted octanol–water partition coefficient (Wildman–Crippen LogP) is 1.96. The Morgan fingerprint density at radius 2 is 1.70 bits per heavy atom. The molecule has 1 N–H and O–H groups in total. The van der Waals surface area contributed by atoms with Crippen molar-refractivity contribution in [2.45, 2.75) is 0 Å². The van der Waals surface area contributed by atoms with Crippen LogP contribution in [-0.2, 0) is 0 Å². The number of methoxy groups -OCH3 is 1. The van der Waals surface area contributed by atoms with E-state index in [4.69, 9.17) is 10.1 Å². The maximum Gasteiger partial charge on any atom is 0.118 e. The van der Waals surface area contributed by atoms with Crippen LogP contribution in [0.15, 0.2) is 30.3 Å². The molecule has 54 valence electrons. The Morgan fingerprint density at radius 3 is 2.00 bits per heavy atom. The van der Waals surface area contributed by atoms with Crippen LogP contribution in [0.1, 0.15) is 0 Å². The number of rotatable bonds is 1. The van der Waals surface area contributed by atoms with Gasteiger partial charge in [0, 0.05) is 0 Å². The number of para-hydroxylation sites is 1. The summed E-state index contributed by atoms with van der Waals surface area (Å²) in [5, 5.41) is 5.50. The molecule has 0 aromatic heterocycles. The number of hydrogen-bond acceptors (Lipinski definition) is 2. The van der Waals surface area contributed by atoms with Gasteiger partial charge in [-0.1, -0.05) is 18.2 Å². The molecular formula is C8H11NO. The fraction of sp³-hybridized carbons (Fsp3) is 0.125. The van der Waals surface area contributed by atoms with Crippen LogP contribution in [0.5, 0.6) is 5.75 Å². The molecule has 0 saturated heterocycles. The van der Waals surface area contributed by atoms with E-state index in [0.717, 1.165) is 5.75 Å². The second-order valence-corrected chi connectivity index (χ2v) is 1.52. The zero-order chi connectivity index (χ0) is 7.82. The molecule has 0 aliphatic carbocycles. The van der Waals surface area contributed by atoms with E-state index in [1.54, 1.807) is 7.11 Å². The van der Waals surface area contributed by atoms with Gasteiger partial charge in [0.2, 0.25) is 0 Å². The highest BCUT2D eigenvalue weighted by Gasteiger charge is 1.80. The second kappa shape index (κ2) is 5.82. The molecule has 0 spiro atoms. The smallest absolute Gasteiger partial charge is 0.118 e. The van der Waals surface area contributed by atoms with E-state index in [2.05, 4.69) is 6.72 Å². The van der Waals surface area contributed by atoms with Gasteiger partial charge >= 0.3 is 0 Å². The minimum atomic E-state index is 0.910. The number of ether oxygens (including phenoxy) is 1. The number of benzene rings is 1. The van der Waals surface area contributed by atoms with Crippen LogP contribution in [0, 0.1) is 5.41 Å². The lowest BCUT2D eigenvalue weighted by atomic mass is 10.3. The monoisotopic (exact) mass is 137 g/mol. The Morgan fingerprint density at radius 1 is 1.20 bits per heavy atom. The summed E-state index contributed by atoms with van der Waals surface area (Å²) < 4.78 is 4.91. The summed E-state index contributed by atoms with van der Waals surface area (Å²) in [5.41, 5.74) is 0. The first kappa shape index (κ1) is 8.69. The first-order chi connectivity index (χ1) is 4.93. The van der Waals surface area contributed by atoms with Gasteiger partial charge in [-0.15, -0.1) is 0 Å². The zero-order valence-electron chi connectivity index (χ0n) is 6.00. The fourth-order valence-electron chi connectivity index (χ4n) is 0.557. The molecule has 0 amide bonds. The maximum absolute atomic E-state index is 5.50. The lowest BCUT2D eigenvalue weighted by Gasteiger charge is -1.93. The lowest BCUT2D eigenvalue weighted by Crippen LogP contribution is -1.78. The van der Waals surface area contributed by atoms with Crippen LogP contribution < -0.4 is 4.74 Å². The standard InChI is InChI=1S/C7H8O.CH3N/c1-8-7-5-3-2-4-6-7;1-2/h2-6H,1H3;2H,1H2. The number of nitrogens with one attached hydrogen (secondary N) is 1. The van der Waals surface area contributed by atoms with Gasteiger partial charge in [0.1, 0.15) is 5.75 Å². The van der Waals surface area contributed by atoms with Gasteiger partial charge in [-0.25, -0.2) is 0 Å². The minimum Gasteiger partial charge on any atom is -0.497 e. The van der Waals surface area contributed by atoms with Crippen LogP contribution in [0.2, 0.25) is 0 Å². The Kier molecular flexibility index (Phi) is 5.06. The van der Waals surface area contributed by atoms with Crippen LogP contribution >= 0.6 is 0 Å². The Labute approximate surface area is 61.0 Å². The molecule has 10 heavy (non-hydrogen) atoms. The van der Waals surface area contributed by atoms with E-state index >= 15 is 0 Å². The fourth-order valence-corrected chi connectivity index (χ4v) is 0.557. The van der Waals surface area contributed by atoms with E-state index in [1.165, 1.54) is 0 Å². The van der Waals surface area contributed by atoms with Gasteiger partial charge in [-0.05, 0) is 18.9 Å². The van der Waals surface area contributed by atoms with E-state index in [9.17, 15) is 0 Å². The molecule has 0 bridgehead atoms. The van der Waals surface area contributed by atoms with Gasteiger partial charge in [0.25, 0.3) is 0 Å². The molecule has 0 aliphatic rings. The quantitative estimate of drug-likeness (QED) is 0.590. The van der Waals surface area contributed by atoms with E-state index in [1.807, 2.05) is 30.3 Å². The van der Waals surface area contributed by atoms with Gasteiger partial charge < -0.3 is 10.1 Å². The average molecular weight is 137 g/mol. The van der Waals surface area contributed by atoms with Gasteiger partial charge in [0.05, 0.1) is 7.11 Å². The van der Waals surface area contributed by atoms with Crippen molar-refractivity contribution < 1.29 is 4.74 Å². The van der Waals surface area contributed by atoms with Crippen LogP contribution in [0.4, 0.5) is 0 Å². The highest BCUT2D eigenvalue weighted by molar-refractivity contribution is 5.20. The Bertz CT molecular complexity index is 162. The molecule has 2 nitrogen and oxygen atoms in total. The average Bonchev–Trinajstić information content (AvgIpc) is 2.10. The lowest BCUT2D eigenvalue weighted by molar-refractivity contribution is 0.415. The highest BCUT2D eigenvalue weighted by Crippen LogP contribution is 2.05. The Hall–Kier alpha value is -1.31. The summed E-state index contributed by atoms with van der Waals surface area (Å²) in [6.45, 7) is 2.50. The topological polar surface area (TPSA) is 33.1 Å². The van der Waals surface area contributed by atoms with Crippen LogP contribution in [0.3, 0.4) is 0 Å². The molecular weight excluding hydrogens is 126 g/mol. The van der Waals surface area contributed by atoms with Gasteiger partial charge in [-0.3, -0.25) is 0 Å². The summed E-state index contributed by atoms with van der Waals surface area (Å²) in [5.74, 6) is 0.910. The molecule has 1 aromatic rings. The van der Waals surface area contributed by atoms with Crippen molar-refractivity contribution in [3.8, 4) is 5.75 Å². The molecule has 0 fully saturated rings. The van der Waals surface area contributed by atoms with Crippen molar-refractivity contribution in [2.24, 2.45) is 0 Å². The van der Waals surface area contributed by atoms with Crippen molar-refractivity contribution in [3.05, 3.63) is 30.3 Å². The van der Waals surface area contributed by atoms with E-state index < -0.39 is 0 Å². The van der Waals surface area contributed by atoms with Crippen molar-refractivity contribution in [1.82, 2.24) is 0 Å². The van der Waals surface area contributed by atoms with Gasteiger partial charge in [0.15, 0.2) is 0 Å². The second-order valence-electron chi connectivity index (χ2n) is 1.52. The van der Waals surface area contributed by atoms with Crippen molar-refractivity contribution >= 4 is 6.72 Å². The largest absolute Gasteiger partial charge is 0.497 e. The predicted molar refractivity (Wildman–Crippen MR) is 42.8 cm³/mol. The highest BCUT2D eigenvalue weighted by atomic mass is 16.5. The van der Waals surface area contributed by atoms with Gasteiger partial charge in [-0.2, -0.15) is 0 Å². The Balaban J connectivity index is 0.000000371. The normalized spacial score (nSPS) is 7.30. The molecule has 0 unspecified atom stereocenters. The molecule has 0 radical (unpaired) electrons. The van der Waals surface area contributed by atoms with Crippen molar-refractivity contribution in [2.75, 3.05) is 7.11 Å². The number of hydrogen-bond donors (Lipinski definition) is 1. The van der Waals surface area contributed by atoms with E-state index in [-0.39, 0.29) is 0 Å².